The van der Waals surface area contributed by atoms with Crippen LogP contribution in [0, 0.1) is 10.1 Å². The molecule has 1 rings (SSSR count). The van der Waals surface area contributed by atoms with Crippen molar-refractivity contribution in [3.63, 3.8) is 0 Å². The van der Waals surface area contributed by atoms with Crippen LogP contribution >= 0.6 is 11.3 Å². The number of carbonyl (C=O) groups is 1. The van der Waals surface area contributed by atoms with E-state index in [9.17, 15) is 14.9 Å². The summed E-state index contributed by atoms with van der Waals surface area (Å²) in [6.45, 7) is 1.97. The van der Waals surface area contributed by atoms with Gasteiger partial charge in [0.25, 0.3) is 0 Å². The Hall–Kier alpha value is -1.43. The highest BCUT2D eigenvalue weighted by Crippen LogP contribution is 2.28. The van der Waals surface area contributed by atoms with Crippen LogP contribution in [0.25, 0.3) is 0 Å². The van der Waals surface area contributed by atoms with Crippen molar-refractivity contribution in [1.29, 1.82) is 0 Å². The van der Waals surface area contributed by atoms with Crippen molar-refractivity contribution in [3.05, 3.63) is 21.6 Å². The Labute approximate surface area is 90.8 Å². The molecule has 5 nitrogen and oxygen atoms in total. The summed E-state index contributed by atoms with van der Waals surface area (Å²) in [6, 6.07) is 1.26. The van der Waals surface area contributed by atoms with Crippen molar-refractivity contribution in [1.82, 2.24) is 0 Å². The first-order chi connectivity index (χ1) is 7.13. The molecule has 1 aromatic heterocycles. The zero-order valence-electron chi connectivity index (χ0n) is 8.26. The lowest BCUT2D eigenvalue weighted by atomic mass is 10.2. The first-order valence-electron chi connectivity index (χ1n) is 4.57. The maximum atomic E-state index is 11.2. The molecule has 0 amide bonds. The van der Waals surface area contributed by atoms with E-state index in [4.69, 9.17) is 4.74 Å². The number of thiophene rings is 1. The number of hydrogen-bond donors (Lipinski definition) is 0. The number of nitrogens with zero attached hydrogens (tertiary/aromatic N) is 1. The summed E-state index contributed by atoms with van der Waals surface area (Å²) in [5, 5.41) is 11.8. The highest BCUT2D eigenvalue weighted by atomic mass is 32.1. The summed E-state index contributed by atoms with van der Waals surface area (Å²) < 4.78 is 4.91. The van der Waals surface area contributed by atoms with Gasteiger partial charge >= 0.3 is 11.0 Å². The number of nitro groups is 1. The standard InChI is InChI=1S/C9H11NO4S/c1-2-3-4-9(11)14-7-5-8(10(12)13)15-6-7/h5-6H,2-4H2,1H3. The van der Waals surface area contributed by atoms with Gasteiger partial charge in [-0.05, 0) is 6.42 Å². The van der Waals surface area contributed by atoms with Gasteiger partial charge in [-0.15, -0.1) is 0 Å². The average Bonchev–Trinajstić information content (AvgIpc) is 2.63. The third-order valence-electron chi connectivity index (χ3n) is 1.71. The van der Waals surface area contributed by atoms with Crippen LogP contribution in [0.1, 0.15) is 26.2 Å². The molecule has 0 aromatic carbocycles. The van der Waals surface area contributed by atoms with Crippen LogP contribution in [0.3, 0.4) is 0 Å². The predicted molar refractivity (Wildman–Crippen MR) is 56.1 cm³/mol. The van der Waals surface area contributed by atoms with Gasteiger partial charge in [-0.3, -0.25) is 14.9 Å². The van der Waals surface area contributed by atoms with Crippen molar-refractivity contribution in [2.75, 3.05) is 0 Å². The van der Waals surface area contributed by atoms with E-state index in [0.29, 0.717) is 6.42 Å². The Morgan fingerprint density at radius 2 is 2.40 bits per heavy atom. The van der Waals surface area contributed by atoms with Crippen LogP contribution in [-0.2, 0) is 4.79 Å². The van der Waals surface area contributed by atoms with Crippen LogP contribution in [-0.4, -0.2) is 10.9 Å². The molecule has 15 heavy (non-hydrogen) atoms. The summed E-state index contributed by atoms with van der Waals surface area (Å²) in [5.74, 6) is -0.0858. The zero-order chi connectivity index (χ0) is 11.3. The van der Waals surface area contributed by atoms with E-state index in [1.54, 1.807) is 0 Å². The van der Waals surface area contributed by atoms with E-state index in [0.717, 1.165) is 24.2 Å². The number of esters is 1. The molecule has 82 valence electrons. The highest BCUT2D eigenvalue weighted by Gasteiger charge is 2.12. The van der Waals surface area contributed by atoms with Gasteiger partial charge in [0.05, 0.1) is 11.0 Å². The van der Waals surface area contributed by atoms with Gasteiger partial charge in [0.2, 0.25) is 0 Å². The molecule has 0 unspecified atom stereocenters. The molecule has 0 aliphatic heterocycles. The number of hydrogen-bond acceptors (Lipinski definition) is 5. The lowest BCUT2D eigenvalue weighted by Crippen LogP contribution is -2.06. The molecular weight excluding hydrogens is 218 g/mol. The van der Waals surface area contributed by atoms with Crippen LogP contribution in [0.15, 0.2) is 11.4 Å². The molecule has 0 spiro atoms. The second kappa shape index (κ2) is 5.45. The average molecular weight is 229 g/mol. The van der Waals surface area contributed by atoms with E-state index >= 15 is 0 Å². The Bertz CT molecular complexity index is 361. The molecular formula is C9H11NO4S. The molecule has 0 aliphatic rings. The maximum absolute atomic E-state index is 11.2. The molecule has 0 saturated carbocycles. The Kier molecular flexibility index (Phi) is 4.23. The first kappa shape index (κ1) is 11.6. The molecule has 0 saturated heterocycles. The monoisotopic (exact) mass is 229 g/mol. The topological polar surface area (TPSA) is 69.4 Å². The fourth-order valence-corrected chi connectivity index (χ4v) is 1.58. The smallest absolute Gasteiger partial charge is 0.327 e. The quantitative estimate of drug-likeness (QED) is 0.442. The molecule has 0 radical (unpaired) electrons. The number of rotatable bonds is 5. The number of ether oxygens (including phenoxy) is 1. The summed E-state index contributed by atoms with van der Waals surface area (Å²) in [6.07, 6.45) is 2.03. The zero-order valence-corrected chi connectivity index (χ0v) is 9.08. The van der Waals surface area contributed by atoms with Gasteiger partial charge in [-0.1, -0.05) is 24.7 Å². The third-order valence-corrected chi connectivity index (χ3v) is 2.57. The molecule has 1 aromatic rings. The summed E-state index contributed by atoms with van der Waals surface area (Å²) >= 11 is 0.947. The summed E-state index contributed by atoms with van der Waals surface area (Å²) in [5.41, 5.74) is 0. The molecule has 0 aliphatic carbocycles. The summed E-state index contributed by atoms with van der Waals surface area (Å²) in [7, 11) is 0. The predicted octanol–water partition coefficient (Wildman–Crippen LogP) is 2.75. The van der Waals surface area contributed by atoms with Gasteiger partial charge in [0.1, 0.15) is 5.75 Å². The Morgan fingerprint density at radius 1 is 1.67 bits per heavy atom. The lowest BCUT2D eigenvalue weighted by Gasteiger charge is -1.99. The fourth-order valence-electron chi connectivity index (χ4n) is 0.961. The van der Waals surface area contributed by atoms with Crippen molar-refractivity contribution in [3.8, 4) is 5.75 Å². The normalized spacial score (nSPS) is 9.93. The largest absolute Gasteiger partial charge is 0.425 e. The van der Waals surface area contributed by atoms with Gasteiger partial charge in [0, 0.05) is 11.8 Å². The van der Waals surface area contributed by atoms with E-state index in [2.05, 4.69) is 0 Å². The van der Waals surface area contributed by atoms with E-state index in [-0.39, 0.29) is 16.7 Å². The fraction of sp³-hybridized carbons (Fsp3) is 0.444. The van der Waals surface area contributed by atoms with Gasteiger partial charge in [0.15, 0.2) is 0 Å². The minimum atomic E-state index is -0.506. The molecule has 0 fully saturated rings. The van der Waals surface area contributed by atoms with Crippen LogP contribution in [0.4, 0.5) is 5.00 Å². The van der Waals surface area contributed by atoms with E-state index in [1.165, 1.54) is 11.4 Å². The second-order valence-corrected chi connectivity index (χ2v) is 3.85. The number of unbranched alkanes of at least 4 members (excludes halogenated alkanes) is 1. The van der Waals surface area contributed by atoms with Crippen LogP contribution < -0.4 is 4.74 Å². The SMILES string of the molecule is CCCCC(=O)Oc1csc([N+](=O)[O-])c1. The molecule has 6 heteroatoms. The molecule has 0 bridgehead atoms. The van der Waals surface area contributed by atoms with E-state index in [1.807, 2.05) is 6.92 Å². The van der Waals surface area contributed by atoms with Crippen LogP contribution in [0.5, 0.6) is 5.75 Å². The third kappa shape index (κ3) is 3.67. The Morgan fingerprint density at radius 3 is 2.93 bits per heavy atom. The van der Waals surface area contributed by atoms with Gasteiger partial charge in [-0.2, -0.15) is 0 Å². The van der Waals surface area contributed by atoms with Crippen LogP contribution in [0.2, 0.25) is 0 Å². The van der Waals surface area contributed by atoms with Crippen molar-refractivity contribution in [2.24, 2.45) is 0 Å². The minimum absolute atomic E-state index is 0.0201. The van der Waals surface area contributed by atoms with Crippen molar-refractivity contribution >= 4 is 22.3 Å². The van der Waals surface area contributed by atoms with Gasteiger partial charge in [-0.25, -0.2) is 0 Å². The summed E-state index contributed by atoms with van der Waals surface area (Å²) in [4.78, 5) is 21.0. The first-order valence-corrected chi connectivity index (χ1v) is 5.45. The molecule has 0 atom stereocenters. The van der Waals surface area contributed by atoms with Gasteiger partial charge < -0.3 is 4.74 Å². The minimum Gasteiger partial charge on any atom is -0.425 e. The maximum Gasteiger partial charge on any atom is 0.327 e. The Balaban J connectivity index is 2.50. The highest BCUT2D eigenvalue weighted by molar-refractivity contribution is 7.13. The lowest BCUT2D eigenvalue weighted by molar-refractivity contribution is -0.380. The molecule has 1 heterocycles. The second-order valence-electron chi connectivity index (χ2n) is 2.96. The van der Waals surface area contributed by atoms with E-state index < -0.39 is 4.92 Å². The molecule has 0 N–H and O–H groups in total. The van der Waals surface area contributed by atoms with Crippen molar-refractivity contribution in [2.45, 2.75) is 26.2 Å². The number of carbonyl (C=O) groups excluding carboxylic acids is 1. The van der Waals surface area contributed by atoms with Crippen molar-refractivity contribution < 1.29 is 14.5 Å².